The largest absolute Gasteiger partial charge is 0.497 e. The molecule has 0 saturated heterocycles. The highest BCUT2D eigenvalue weighted by Gasteiger charge is 2.16. The van der Waals surface area contributed by atoms with Crippen LogP contribution in [0.4, 0.5) is 0 Å². The molecule has 1 aromatic rings. The topological polar surface area (TPSA) is 83.8 Å². The summed E-state index contributed by atoms with van der Waals surface area (Å²) < 4.78 is 4.82. The lowest BCUT2D eigenvalue weighted by Crippen LogP contribution is -2.04. The minimum atomic E-state index is -0.917. The standard InChI is InChI=1S/C12H14O5S2/c1-17-9-4-2-8(3-5-9)12(18-6-10(13)14)19-7-11(15)16/h2-5,12H,6-7H2,1H3,(H,13,14)(H,15,16). The molecule has 0 atom stereocenters. The van der Waals surface area contributed by atoms with Crippen LogP contribution in [-0.2, 0) is 9.59 Å². The van der Waals surface area contributed by atoms with Gasteiger partial charge in [0.2, 0.25) is 0 Å². The molecule has 0 aliphatic rings. The zero-order chi connectivity index (χ0) is 14.3. The first-order valence-corrected chi connectivity index (χ1v) is 7.43. The van der Waals surface area contributed by atoms with Crippen LogP contribution in [0.15, 0.2) is 24.3 Å². The summed E-state index contributed by atoms with van der Waals surface area (Å²) >= 11 is 2.39. The lowest BCUT2D eigenvalue weighted by Gasteiger charge is -2.15. The van der Waals surface area contributed by atoms with E-state index < -0.39 is 11.9 Å². The first kappa shape index (κ1) is 15.7. The number of hydrogen-bond donors (Lipinski definition) is 2. The van der Waals surface area contributed by atoms with Crippen LogP contribution < -0.4 is 4.74 Å². The summed E-state index contributed by atoms with van der Waals surface area (Å²) in [5.74, 6) is -1.26. The Hall–Kier alpha value is -1.34. The van der Waals surface area contributed by atoms with E-state index in [1.54, 1.807) is 19.2 Å². The summed E-state index contributed by atoms with van der Waals surface area (Å²) in [7, 11) is 1.56. The zero-order valence-corrected chi connectivity index (χ0v) is 11.9. The van der Waals surface area contributed by atoms with Crippen molar-refractivity contribution < 1.29 is 24.5 Å². The first-order valence-electron chi connectivity index (χ1n) is 5.33. The highest BCUT2D eigenvalue weighted by molar-refractivity contribution is 8.16. The van der Waals surface area contributed by atoms with E-state index in [-0.39, 0.29) is 16.1 Å². The minimum Gasteiger partial charge on any atom is -0.497 e. The monoisotopic (exact) mass is 302 g/mol. The molecule has 1 aromatic carbocycles. The maximum absolute atomic E-state index is 10.6. The van der Waals surface area contributed by atoms with Crippen molar-refractivity contribution in [3.8, 4) is 5.75 Å². The van der Waals surface area contributed by atoms with Crippen LogP contribution in [0.1, 0.15) is 10.1 Å². The molecule has 1 rings (SSSR count). The van der Waals surface area contributed by atoms with E-state index >= 15 is 0 Å². The van der Waals surface area contributed by atoms with Gasteiger partial charge in [-0.25, -0.2) is 0 Å². The second kappa shape index (κ2) is 7.96. The molecule has 0 amide bonds. The average Bonchev–Trinajstić information content (AvgIpc) is 2.38. The predicted octanol–water partition coefficient (Wildman–Crippen LogP) is 2.33. The summed E-state index contributed by atoms with van der Waals surface area (Å²) in [4.78, 5) is 21.2. The fourth-order valence-corrected chi connectivity index (χ4v) is 3.38. The van der Waals surface area contributed by atoms with Crippen molar-refractivity contribution in [2.75, 3.05) is 18.6 Å². The Morgan fingerprint density at radius 1 is 1.11 bits per heavy atom. The minimum absolute atomic E-state index is 0.0662. The number of hydrogen-bond acceptors (Lipinski definition) is 5. The van der Waals surface area contributed by atoms with Gasteiger partial charge in [-0.1, -0.05) is 12.1 Å². The molecule has 0 saturated carbocycles. The molecule has 0 heterocycles. The molecule has 0 aliphatic carbocycles. The Morgan fingerprint density at radius 2 is 1.58 bits per heavy atom. The molecular formula is C12H14O5S2. The van der Waals surface area contributed by atoms with Crippen molar-refractivity contribution in [2.24, 2.45) is 0 Å². The predicted molar refractivity (Wildman–Crippen MR) is 75.9 cm³/mol. The molecule has 0 spiro atoms. The van der Waals surface area contributed by atoms with E-state index in [1.165, 1.54) is 23.5 Å². The van der Waals surface area contributed by atoms with E-state index in [0.717, 1.165) is 5.56 Å². The number of thioether (sulfide) groups is 2. The van der Waals surface area contributed by atoms with Gasteiger partial charge in [0.15, 0.2) is 0 Å². The van der Waals surface area contributed by atoms with Gasteiger partial charge in [-0.15, -0.1) is 23.5 Å². The van der Waals surface area contributed by atoms with Gasteiger partial charge >= 0.3 is 11.9 Å². The quantitative estimate of drug-likeness (QED) is 0.713. The fraction of sp³-hybridized carbons (Fsp3) is 0.333. The van der Waals surface area contributed by atoms with E-state index in [1.807, 2.05) is 12.1 Å². The highest BCUT2D eigenvalue weighted by atomic mass is 32.2. The van der Waals surface area contributed by atoms with Crippen LogP contribution in [0, 0.1) is 0 Å². The second-order valence-electron chi connectivity index (χ2n) is 3.51. The van der Waals surface area contributed by atoms with Crippen molar-refractivity contribution in [1.29, 1.82) is 0 Å². The van der Waals surface area contributed by atoms with Crippen molar-refractivity contribution in [2.45, 2.75) is 4.58 Å². The van der Waals surface area contributed by atoms with Crippen LogP contribution in [0.25, 0.3) is 0 Å². The van der Waals surface area contributed by atoms with E-state index in [0.29, 0.717) is 5.75 Å². The van der Waals surface area contributed by atoms with Crippen molar-refractivity contribution in [3.05, 3.63) is 29.8 Å². The van der Waals surface area contributed by atoms with Gasteiger partial charge in [-0.2, -0.15) is 0 Å². The molecule has 0 fully saturated rings. The van der Waals surface area contributed by atoms with E-state index in [2.05, 4.69) is 0 Å². The number of rotatable bonds is 8. The third-order valence-corrected chi connectivity index (χ3v) is 4.90. The summed E-state index contributed by atoms with van der Waals surface area (Å²) in [6.45, 7) is 0. The summed E-state index contributed by atoms with van der Waals surface area (Å²) in [6, 6.07) is 7.16. The van der Waals surface area contributed by atoms with E-state index in [4.69, 9.17) is 14.9 Å². The Morgan fingerprint density at radius 3 is 1.95 bits per heavy atom. The normalized spacial score (nSPS) is 10.4. The Kier molecular flexibility index (Phi) is 6.58. The first-order chi connectivity index (χ1) is 9.02. The van der Waals surface area contributed by atoms with Crippen molar-refractivity contribution >= 4 is 35.5 Å². The third-order valence-electron chi connectivity index (χ3n) is 2.10. The summed E-state index contributed by atoms with van der Waals surface area (Å²) in [6.07, 6.45) is 0. The maximum Gasteiger partial charge on any atom is 0.313 e. The third kappa shape index (κ3) is 5.89. The fourth-order valence-electron chi connectivity index (χ4n) is 1.30. The molecule has 2 N–H and O–H groups in total. The molecule has 0 aliphatic heterocycles. The van der Waals surface area contributed by atoms with Gasteiger partial charge in [0, 0.05) is 0 Å². The van der Waals surface area contributed by atoms with Gasteiger partial charge in [0.05, 0.1) is 23.2 Å². The van der Waals surface area contributed by atoms with Gasteiger partial charge < -0.3 is 14.9 Å². The number of carboxylic acid groups (broad SMARTS) is 2. The number of methoxy groups -OCH3 is 1. The van der Waals surface area contributed by atoms with E-state index in [9.17, 15) is 9.59 Å². The number of aliphatic carboxylic acids is 2. The molecular weight excluding hydrogens is 288 g/mol. The maximum atomic E-state index is 10.6. The molecule has 0 unspecified atom stereocenters. The van der Waals surface area contributed by atoms with Gasteiger partial charge in [-0.3, -0.25) is 9.59 Å². The second-order valence-corrected chi connectivity index (χ2v) is 6.00. The van der Waals surface area contributed by atoms with Crippen molar-refractivity contribution in [3.63, 3.8) is 0 Å². The van der Waals surface area contributed by atoms with Crippen molar-refractivity contribution in [1.82, 2.24) is 0 Å². The zero-order valence-electron chi connectivity index (χ0n) is 10.2. The Balaban J connectivity index is 2.74. The van der Waals surface area contributed by atoms with Crippen LogP contribution >= 0.6 is 23.5 Å². The number of carboxylic acids is 2. The number of carbonyl (C=O) groups is 2. The van der Waals surface area contributed by atoms with Crippen LogP contribution in [-0.4, -0.2) is 40.8 Å². The molecule has 104 valence electrons. The molecule has 7 heteroatoms. The van der Waals surface area contributed by atoms with Crippen LogP contribution in [0.2, 0.25) is 0 Å². The SMILES string of the molecule is COc1ccc(C(SCC(=O)O)SCC(=O)O)cc1. The summed E-state index contributed by atoms with van der Waals surface area (Å²) in [5, 5.41) is 17.4. The number of ether oxygens (including phenoxy) is 1. The van der Waals surface area contributed by atoms with Crippen LogP contribution in [0.3, 0.4) is 0 Å². The van der Waals surface area contributed by atoms with Gasteiger partial charge in [0.1, 0.15) is 5.75 Å². The Labute approximate surface area is 119 Å². The molecule has 19 heavy (non-hydrogen) atoms. The smallest absolute Gasteiger partial charge is 0.313 e. The lowest BCUT2D eigenvalue weighted by molar-refractivity contribution is -0.134. The molecule has 0 bridgehead atoms. The number of benzene rings is 1. The molecule has 5 nitrogen and oxygen atoms in total. The molecule has 0 radical (unpaired) electrons. The average molecular weight is 302 g/mol. The lowest BCUT2D eigenvalue weighted by atomic mass is 10.2. The highest BCUT2D eigenvalue weighted by Crippen LogP contribution is 2.39. The van der Waals surface area contributed by atoms with Crippen LogP contribution in [0.5, 0.6) is 5.75 Å². The van der Waals surface area contributed by atoms with Gasteiger partial charge in [-0.05, 0) is 17.7 Å². The molecule has 0 aromatic heterocycles. The van der Waals surface area contributed by atoms with Gasteiger partial charge in [0.25, 0.3) is 0 Å². The Bertz CT molecular complexity index is 414. The summed E-state index contributed by atoms with van der Waals surface area (Å²) in [5.41, 5.74) is 0.873.